The summed E-state index contributed by atoms with van der Waals surface area (Å²) in [5.41, 5.74) is 2.36. The zero-order chi connectivity index (χ0) is 22.2. The minimum Gasteiger partial charge on any atom is -0.494 e. The number of nitrogens with one attached hydrogen (secondary N) is 1. The van der Waals surface area contributed by atoms with Gasteiger partial charge < -0.3 is 24.2 Å². The van der Waals surface area contributed by atoms with Crippen molar-refractivity contribution < 1.29 is 14.0 Å². The van der Waals surface area contributed by atoms with Gasteiger partial charge in [0.25, 0.3) is 0 Å². The van der Waals surface area contributed by atoms with Crippen LogP contribution in [0.2, 0.25) is 0 Å². The lowest BCUT2D eigenvalue weighted by molar-refractivity contribution is 0.0510. The van der Waals surface area contributed by atoms with Crippen LogP contribution in [0.3, 0.4) is 0 Å². The first kappa shape index (κ1) is 22.6. The molecule has 8 heteroatoms. The number of nitrogens with zero attached hydrogens (tertiary/aromatic N) is 4. The third kappa shape index (κ3) is 5.42. The second-order valence-corrected chi connectivity index (χ2v) is 8.50. The van der Waals surface area contributed by atoms with Gasteiger partial charge in [-0.2, -0.15) is 0 Å². The second-order valence-electron chi connectivity index (χ2n) is 8.50. The van der Waals surface area contributed by atoms with Crippen LogP contribution in [0.4, 0.5) is 0 Å². The molecule has 32 heavy (non-hydrogen) atoms. The van der Waals surface area contributed by atoms with E-state index in [9.17, 15) is 0 Å². The van der Waals surface area contributed by atoms with E-state index in [-0.39, 0.29) is 5.41 Å². The average Bonchev–Trinajstić information content (AvgIpc) is 3.35. The number of aromatic nitrogens is 1. The molecule has 1 aromatic carbocycles. The topological polar surface area (TPSA) is 75.4 Å². The highest BCUT2D eigenvalue weighted by Crippen LogP contribution is 2.35. The quantitative estimate of drug-likeness (QED) is 0.523. The highest BCUT2D eigenvalue weighted by Gasteiger charge is 2.35. The molecule has 0 unspecified atom stereocenters. The zero-order valence-corrected chi connectivity index (χ0v) is 19.3. The Morgan fingerprint density at radius 1 is 1.12 bits per heavy atom. The van der Waals surface area contributed by atoms with Crippen molar-refractivity contribution in [3.63, 3.8) is 0 Å². The molecule has 2 aromatic rings. The van der Waals surface area contributed by atoms with E-state index in [0.29, 0.717) is 6.61 Å². The van der Waals surface area contributed by atoms with Crippen molar-refractivity contribution in [2.75, 3.05) is 59.6 Å². The van der Waals surface area contributed by atoms with Crippen LogP contribution in [0.5, 0.6) is 5.75 Å². The highest BCUT2D eigenvalue weighted by molar-refractivity contribution is 5.80. The number of ether oxygens (including phenoxy) is 2. The Kier molecular flexibility index (Phi) is 7.65. The van der Waals surface area contributed by atoms with Crippen LogP contribution in [0.25, 0.3) is 0 Å². The first-order chi connectivity index (χ1) is 15.7. The summed E-state index contributed by atoms with van der Waals surface area (Å²) >= 11 is 0. The SMILES string of the molecule is CCOc1ccc(C2(CNC(=NC)N3CCN(Cc4ccon4)CC3)CCOCC2)cc1. The molecule has 0 spiro atoms. The molecule has 8 nitrogen and oxygen atoms in total. The van der Waals surface area contributed by atoms with E-state index in [1.54, 1.807) is 6.26 Å². The molecular formula is C24H35N5O3. The molecule has 1 aromatic heterocycles. The Hall–Kier alpha value is -2.58. The van der Waals surface area contributed by atoms with Crippen LogP contribution in [0.15, 0.2) is 46.1 Å². The van der Waals surface area contributed by atoms with E-state index in [1.807, 2.05) is 20.0 Å². The van der Waals surface area contributed by atoms with E-state index < -0.39 is 0 Å². The number of hydrogen-bond donors (Lipinski definition) is 1. The van der Waals surface area contributed by atoms with Gasteiger partial charge in [-0.05, 0) is 37.5 Å². The molecule has 0 amide bonds. The minimum absolute atomic E-state index is 0.0354. The second kappa shape index (κ2) is 10.8. The molecule has 174 valence electrons. The number of hydrogen-bond acceptors (Lipinski definition) is 6. The largest absolute Gasteiger partial charge is 0.494 e. The van der Waals surface area contributed by atoms with Gasteiger partial charge in [-0.25, -0.2) is 0 Å². The molecule has 3 heterocycles. The standard InChI is InChI=1S/C24H35N5O3/c1-3-31-22-6-4-20(5-7-22)24(9-16-30-17-10-24)19-26-23(25-2)29-13-11-28(12-14-29)18-21-8-15-32-27-21/h4-8,15H,3,9-14,16-19H2,1-2H3,(H,25,26). The van der Waals surface area contributed by atoms with Gasteiger partial charge in [0.15, 0.2) is 5.96 Å². The Balaban J connectivity index is 1.36. The number of guanidine groups is 1. The van der Waals surface area contributed by atoms with E-state index in [4.69, 9.17) is 14.0 Å². The van der Waals surface area contributed by atoms with Crippen LogP contribution in [-0.4, -0.2) is 80.5 Å². The summed E-state index contributed by atoms with van der Waals surface area (Å²) in [7, 11) is 1.87. The molecule has 0 aliphatic carbocycles. The van der Waals surface area contributed by atoms with Crippen molar-refractivity contribution in [1.29, 1.82) is 0 Å². The first-order valence-corrected chi connectivity index (χ1v) is 11.6. The summed E-state index contributed by atoms with van der Waals surface area (Å²) in [6.45, 7) is 9.78. The minimum atomic E-state index is 0.0354. The van der Waals surface area contributed by atoms with Crippen molar-refractivity contribution in [2.45, 2.75) is 31.7 Å². The predicted molar refractivity (Wildman–Crippen MR) is 124 cm³/mol. The molecule has 2 saturated heterocycles. The average molecular weight is 442 g/mol. The van der Waals surface area contributed by atoms with Crippen LogP contribution >= 0.6 is 0 Å². The van der Waals surface area contributed by atoms with Gasteiger partial charge in [0.2, 0.25) is 0 Å². The van der Waals surface area contributed by atoms with Gasteiger partial charge in [0, 0.05) is 71.0 Å². The number of piperazine rings is 1. The van der Waals surface area contributed by atoms with Crippen LogP contribution in [0.1, 0.15) is 31.0 Å². The molecule has 0 saturated carbocycles. The summed E-state index contributed by atoms with van der Waals surface area (Å²) in [5, 5.41) is 7.72. The van der Waals surface area contributed by atoms with Crippen molar-refractivity contribution in [3.05, 3.63) is 47.9 Å². The smallest absolute Gasteiger partial charge is 0.193 e. The first-order valence-electron chi connectivity index (χ1n) is 11.6. The molecule has 4 rings (SSSR count). The normalized spacial score (nSPS) is 19.7. The predicted octanol–water partition coefficient (Wildman–Crippen LogP) is 2.51. The maximum absolute atomic E-state index is 5.70. The van der Waals surface area contributed by atoms with Crippen molar-refractivity contribution in [2.24, 2.45) is 4.99 Å². The fourth-order valence-electron chi connectivity index (χ4n) is 4.65. The zero-order valence-electron chi connectivity index (χ0n) is 19.3. The third-order valence-corrected chi connectivity index (χ3v) is 6.57. The Morgan fingerprint density at radius 2 is 1.88 bits per heavy atom. The van der Waals surface area contributed by atoms with Gasteiger partial charge in [-0.3, -0.25) is 9.89 Å². The molecule has 1 N–H and O–H groups in total. The van der Waals surface area contributed by atoms with Crippen molar-refractivity contribution >= 4 is 5.96 Å². The molecule has 2 aliphatic heterocycles. The molecule has 2 aliphatic rings. The lowest BCUT2D eigenvalue weighted by Crippen LogP contribution is -2.54. The summed E-state index contributed by atoms with van der Waals surface area (Å²) in [6, 6.07) is 10.5. The Morgan fingerprint density at radius 3 is 2.50 bits per heavy atom. The third-order valence-electron chi connectivity index (χ3n) is 6.57. The van der Waals surface area contributed by atoms with Crippen LogP contribution in [0, 0.1) is 0 Å². The highest BCUT2D eigenvalue weighted by atomic mass is 16.5. The maximum atomic E-state index is 5.70. The number of rotatable bonds is 7. The summed E-state index contributed by atoms with van der Waals surface area (Å²) in [5.74, 6) is 1.90. The van der Waals surface area contributed by atoms with Gasteiger partial charge in [-0.1, -0.05) is 17.3 Å². The maximum Gasteiger partial charge on any atom is 0.193 e. The lowest BCUT2D eigenvalue weighted by Gasteiger charge is -2.40. The molecule has 0 atom stereocenters. The Labute approximate surface area is 190 Å². The molecule has 0 bridgehead atoms. The summed E-state index contributed by atoms with van der Waals surface area (Å²) in [4.78, 5) is 9.35. The molecular weight excluding hydrogens is 406 g/mol. The lowest BCUT2D eigenvalue weighted by atomic mass is 9.74. The summed E-state index contributed by atoms with van der Waals surface area (Å²) < 4.78 is 16.3. The monoisotopic (exact) mass is 441 g/mol. The molecule has 0 radical (unpaired) electrons. The number of aliphatic imine (C=N–C) groups is 1. The van der Waals surface area contributed by atoms with Crippen molar-refractivity contribution in [1.82, 2.24) is 20.3 Å². The van der Waals surface area contributed by atoms with Gasteiger partial charge in [0.1, 0.15) is 12.0 Å². The van der Waals surface area contributed by atoms with E-state index in [2.05, 4.69) is 49.5 Å². The van der Waals surface area contributed by atoms with E-state index in [0.717, 1.165) is 82.7 Å². The fourth-order valence-corrected chi connectivity index (χ4v) is 4.65. The number of benzene rings is 1. The summed E-state index contributed by atoms with van der Waals surface area (Å²) in [6.07, 6.45) is 3.63. The molecule has 2 fully saturated rings. The van der Waals surface area contributed by atoms with Crippen LogP contribution in [-0.2, 0) is 16.7 Å². The van der Waals surface area contributed by atoms with Crippen molar-refractivity contribution in [3.8, 4) is 5.75 Å². The van der Waals surface area contributed by atoms with Gasteiger partial charge in [0.05, 0.1) is 12.3 Å². The van der Waals surface area contributed by atoms with Crippen LogP contribution < -0.4 is 10.1 Å². The Bertz CT molecular complexity index is 839. The van der Waals surface area contributed by atoms with Gasteiger partial charge >= 0.3 is 0 Å². The van der Waals surface area contributed by atoms with E-state index >= 15 is 0 Å². The fraction of sp³-hybridized carbons (Fsp3) is 0.583. The van der Waals surface area contributed by atoms with E-state index in [1.165, 1.54) is 5.56 Å². The van der Waals surface area contributed by atoms with Gasteiger partial charge in [-0.15, -0.1) is 0 Å².